The Kier molecular flexibility index (Phi) is 14.5. The molecule has 3 aromatic carbocycles. The van der Waals surface area contributed by atoms with Crippen molar-refractivity contribution in [1.82, 2.24) is 0 Å². The molecule has 3 aromatic rings. The second kappa shape index (κ2) is 13.7. The van der Waals surface area contributed by atoms with Crippen molar-refractivity contribution in [3.05, 3.63) is 42.5 Å². The van der Waals surface area contributed by atoms with E-state index in [1.807, 2.05) is 0 Å². The van der Waals surface area contributed by atoms with Crippen LogP contribution >= 0.6 is 0 Å². The fourth-order valence-corrected chi connectivity index (χ4v) is 4.32. The number of fused-ring (bicyclic) bond motifs is 1. The maximum absolute atomic E-state index is 11.7. The zero-order valence-corrected chi connectivity index (χ0v) is 27.2. The van der Waals surface area contributed by atoms with E-state index in [0.29, 0.717) is 18.2 Å². The molecule has 20 heteroatoms. The van der Waals surface area contributed by atoms with Crippen LogP contribution in [0.25, 0.3) is 10.8 Å². The van der Waals surface area contributed by atoms with E-state index in [4.69, 9.17) is 4.55 Å². The number of phenols is 2. The molecule has 178 valence electrons. The van der Waals surface area contributed by atoms with Crippen molar-refractivity contribution in [1.29, 1.82) is 0 Å². The second-order valence-electron chi connectivity index (χ2n) is 6.19. The smallest absolute Gasteiger partial charge is 0.744 e. The van der Waals surface area contributed by atoms with E-state index in [1.54, 1.807) is 0 Å². The van der Waals surface area contributed by atoms with E-state index in [0.717, 1.165) is 24.3 Å². The van der Waals surface area contributed by atoms with Gasteiger partial charge in [-0.05, 0) is 47.9 Å². The monoisotopic (exact) mass is 589 g/mol. The van der Waals surface area contributed by atoms with Gasteiger partial charge in [0, 0.05) is 0 Å². The first kappa shape index (κ1) is 38.0. The molecule has 0 aliphatic heterocycles. The van der Waals surface area contributed by atoms with Crippen molar-refractivity contribution in [2.75, 3.05) is 0 Å². The van der Waals surface area contributed by atoms with Gasteiger partial charge >= 0.3 is 88.7 Å². The maximum atomic E-state index is 11.7. The summed E-state index contributed by atoms with van der Waals surface area (Å²) in [4.78, 5) is -2.55. The molecule has 0 heterocycles. The summed E-state index contributed by atoms with van der Waals surface area (Å²) in [5, 5.41) is 26.6. The molecule has 0 bridgehead atoms. The molecular weight excluding hydrogens is 577 g/mol. The predicted molar refractivity (Wildman–Crippen MR) is 107 cm³/mol. The summed E-state index contributed by atoms with van der Waals surface area (Å²) in [7, 11) is -14.9. The minimum Gasteiger partial charge on any atom is -0.744 e. The number of hydrogen-bond acceptors (Lipinski definition) is 12. The quantitative estimate of drug-likeness (QED) is 0.143. The van der Waals surface area contributed by atoms with Gasteiger partial charge in [-0.1, -0.05) is 0 Å². The fourth-order valence-electron chi connectivity index (χ4n) is 2.66. The molecule has 0 saturated heterocycles. The maximum Gasteiger partial charge on any atom is 1.00 e. The molecule has 5 N–H and O–H groups in total. The van der Waals surface area contributed by atoms with Gasteiger partial charge in [0.25, 0.3) is 10.1 Å². The molecule has 14 nitrogen and oxygen atoms in total. The first-order chi connectivity index (χ1) is 14.6. The van der Waals surface area contributed by atoms with Gasteiger partial charge in [0.1, 0.15) is 31.7 Å². The Morgan fingerprint density at radius 1 is 0.722 bits per heavy atom. The predicted octanol–water partition coefficient (Wildman–Crippen LogP) is -8.09. The van der Waals surface area contributed by atoms with Gasteiger partial charge in [-0.25, -0.2) is 16.8 Å². The molecule has 0 aliphatic rings. The largest absolute Gasteiger partial charge is 1.00 e. The van der Waals surface area contributed by atoms with Crippen LogP contribution in [0.4, 0.5) is 11.4 Å². The number of benzene rings is 3. The van der Waals surface area contributed by atoms with E-state index in [1.165, 1.54) is 0 Å². The van der Waals surface area contributed by atoms with Crippen LogP contribution < -0.4 is 88.7 Å². The van der Waals surface area contributed by atoms with Crippen molar-refractivity contribution in [3.8, 4) is 11.5 Å². The summed E-state index contributed by atoms with van der Waals surface area (Å²) >= 11 is 0. The van der Waals surface area contributed by atoms with E-state index in [9.17, 15) is 44.6 Å². The van der Waals surface area contributed by atoms with Crippen molar-refractivity contribution in [2.24, 2.45) is 10.2 Å². The molecule has 0 aliphatic carbocycles. The molecule has 0 atom stereocenters. The summed E-state index contributed by atoms with van der Waals surface area (Å²) in [5.41, 5.74) is -0.984. The van der Waals surface area contributed by atoms with Crippen LogP contribution in [0.2, 0.25) is 0 Å². The molecule has 0 aromatic heterocycles. The topological polar surface area (TPSA) is 265 Å². The molecular formula is C16H12N2Na3O12S3+. The molecule has 0 saturated carbocycles. The number of nitrogens with zero attached hydrogens (tertiary/aromatic N) is 2. The Morgan fingerprint density at radius 2 is 1.25 bits per heavy atom. The summed E-state index contributed by atoms with van der Waals surface area (Å²) < 4.78 is 99.7. The number of aromatic hydroxyl groups is 2. The van der Waals surface area contributed by atoms with Gasteiger partial charge in [-0.15, -0.1) is 5.11 Å². The third kappa shape index (κ3) is 8.67. The van der Waals surface area contributed by atoms with Crippen LogP contribution in [0.15, 0.2) is 67.4 Å². The Bertz CT molecular complexity index is 1610. The zero-order chi connectivity index (χ0) is 24.1. The number of phenolic OH excluding ortho intramolecular Hbond substituents is 2. The molecule has 0 radical (unpaired) electrons. The average molecular weight is 589 g/mol. The number of rotatable bonds is 5. The van der Waals surface area contributed by atoms with Crippen molar-refractivity contribution < 1.29 is 143 Å². The van der Waals surface area contributed by atoms with Gasteiger partial charge in [0.05, 0.1) is 25.8 Å². The first-order valence-corrected chi connectivity index (χ1v) is 12.3. The third-order valence-corrected chi connectivity index (χ3v) is 6.59. The van der Waals surface area contributed by atoms with Gasteiger partial charge in [0.15, 0.2) is 5.75 Å². The Morgan fingerprint density at radius 3 is 1.69 bits per heavy atom. The van der Waals surface area contributed by atoms with Crippen molar-refractivity contribution >= 4 is 52.5 Å². The fraction of sp³-hybridized carbons (Fsp3) is 0. The summed E-state index contributed by atoms with van der Waals surface area (Å²) in [6.07, 6.45) is 0. The Labute approximate surface area is 271 Å². The first-order valence-electron chi connectivity index (χ1n) is 8.03. The molecule has 36 heavy (non-hydrogen) atoms. The summed E-state index contributed by atoms with van der Waals surface area (Å²) in [6.45, 7) is 0. The van der Waals surface area contributed by atoms with Crippen LogP contribution in [0, 0.1) is 0 Å². The van der Waals surface area contributed by atoms with E-state index in [-0.39, 0.29) is 99.8 Å². The van der Waals surface area contributed by atoms with Crippen LogP contribution in [0.1, 0.15) is 0 Å². The van der Waals surface area contributed by atoms with Crippen molar-refractivity contribution in [2.45, 2.75) is 14.7 Å². The number of hydrogen-bond donors (Lipinski definition) is 3. The van der Waals surface area contributed by atoms with Gasteiger partial charge in [-0.2, -0.15) is 13.5 Å². The molecule has 0 fully saturated rings. The molecule has 0 amide bonds. The molecule has 0 spiro atoms. The average Bonchev–Trinajstić information content (AvgIpc) is 2.64. The third-order valence-electron chi connectivity index (χ3n) is 4.06. The van der Waals surface area contributed by atoms with Gasteiger partial charge in [-0.3, -0.25) is 4.55 Å². The summed E-state index contributed by atoms with van der Waals surface area (Å²) in [5.74, 6) is -1.97. The van der Waals surface area contributed by atoms with Gasteiger partial charge in [0.2, 0.25) is 0 Å². The van der Waals surface area contributed by atoms with E-state index < -0.39 is 73.0 Å². The SMILES string of the molecule is O.O=S(=O)([O-])c1cc(O)c2c(O)c(N=Nc3ccc(S(=O)(=O)O)cc3)c(S(=O)(=O)[O-])cc2c1.[Na+].[Na+].[Na+]. The van der Waals surface area contributed by atoms with Crippen LogP contribution in [0.5, 0.6) is 11.5 Å². The van der Waals surface area contributed by atoms with Crippen LogP contribution in [0.3, 0.4) is 0 Å². The normalized spacial score (nSPS) is 11.6. The number of azo groups is 1. The van der Waals surface area contributed by atoms with Crippen LogP contribution in [-0.4, -0.2) is 54.6 Å². The van der Waals surface area contributed by atoms with E-state index >= 15 is 0 Å². The summed E-state index contributed by atoms with van der Waals surface area (Å²) in [6, 6.07) is 5.81. The standard InChI is InChI=1S/C16H12N2O11S3.3Na.H2O/c19-12-7-11(31(24,25)26)5-8-6-13(32(27,28)29)15(16(20)14(8)12)18-17-9-1-3-10(4-2-9)30(21,22)23;;;;/h1-7,19-20H,(H,21,22,23)(H,24,25,26)(H,27,28,29);;;;1H2/q;3*+1;/p-2. The van der Waals surface area contributed by atoms with Crippen LogP contribution in [-0.2, 0) is 30.4 Å². The Hall–Kier alpha value is -0.190. The van der Waals surface area contributed by atoms with Gasteiger partial charge < -0.3 is 24.8 Å². The van der Waals surface area contributed by atoms with Crippen molar-refractivity contribution in [3.63, 3.8) is 0 Å². The zero-order valence-electron chi connectivity index (χ0n) is 18.8. The minimum absolute atomic E-state index is 0. The minimum atomic E-state index is -5.32. The molecule has 3 rings (SSSR count). The van der Waals surface area contributed by atoms with E-state index in [2.05, 4.69) is 10.2 Å². The second-order valence-corrected chi connectivity index (χ2v) is 10.3. The Balaban J connectivity index is 0. The molecule has 0 unspecified atom stereocenters.